The first kappa shape index (κ1) is 16.5. The summed E-state index contributed by atoms with van der Waals surface area (Å²) < 4.78 is 0. The van der Waals surface area contributed by atoms with Crippen LogP contribution in [0.5, 0.6) is 0 Å². The van der Waals surface area contributed by atoms with Gasteiger partial charge in [-0.1, -0.05) is 17.7 Å². The van der Waals surface area contributed by atoms with Gasteiger partial charge in [-0.2, -0.15) is 9.97 Å². The number of nitrogens with two attached hydrogens (primary N) is 1. The van der Waals surface area contributed by atoms with Gasteiger partial charge in [0.25, 0.3) is 0 Å². The highest BCUT2D eigenvalue weighted by molar-refractivity contribution is 5.74. The number of anilines is 4. The van der Waals surface area contributed by atoms with Crippen LogP contribution in [0.2, 0.25) is 0 Å². The van der Waals surface area contributed by atoms with Crippen molar-refractivity contribution in [3.05, 3.63) is 39.9 Å². The van der Waals surface area contributed by atoms with E-state index in [-0.39, 0.29) is 17.3 Å². The summed E-state index contributed by atoms with van der Waals surface area (Å²) in [6, 6.07) is 7.47. The van der Waals surface area contributed by atoms with Gasteiger partial charge in [0.2, 0.25) is 17.6 Å². The largest absolute Gasteiger partial charge is 0.378 e. The molecule has 0 aliphatic carbocycles. The van der Waals surface area contributed by atoms with Crippen molar-refractivity contribution in [2.24, 2.45) is 0 Å². The third-order valence-electron chi connectivity index (χ3n) is 3.44. The maximum Gasteiger partial charge on any atom is 0.353 e. The van der Waals surface area contributed by atoms with Gasteiger partial charge in [0.15, 0.2) is 0 Å². The lowest BCUT2D eigenvalue weighted by Crippen LogP contribution is -2.25. The zero-order chi connectivity index (χ0) is 17.0. The lowest BCUT2D eigenvalue weighted by molar-refractivity contribution is -0.383. The number of hydrogen-bond acceptors (Lipinski definition) is 7. The summed E-state index contributed by atoms with van der Waals surface area (Å²) in [6.07, 6.45) is 0. The number of nitro groups is 1. The van der Waals surface area contributed by atoms with Crippen LogP contribution in [-0.2, 0) is 0 Å². The van der Waals surface area contributed by atoms with Crippen molar-refractivity contribution in [2.75, 3.05) is 29.0 Å². The molecule has 0 amide bonds. The number of benzene rings is 1. The molecule has 0 radical (unpaired) electrons. The molecule has 0 spiro atoms. The number of aromatic nitrogens is 2. The van der Waals surface area contributed by atoms with Gasteiger partial charge in [-0.05, 0) is 32.9 Å². The smallest absolute Gasteiger partial charge is 0.353 e. The molecule has 0 unspecified atom stereocenters. The van der Waals surface area contributed by atoms with Gasteiger partial charge in [0.1, 0.15) is 0 Å². The predicted molar refractivity (Wildman–Crippen MR) is 91.1 cm³/mol. The van der Waals surface area contributed by atoms with Crippen LogP contribution in [0.1, 0.15) is 19.4 Å². The van der Waals surface area contributed by atoms with Gasteiger partial charge in [0.05, 0.1) is 4.92 Å². The van der Waals surface area contributed by atoms with E-state index in [2.05, 4.69) is 15.3 Å². The SMILES string of the molecule is CCN(CC)c1nc(N)c([N+](=O)[O-])c(Nc2ccc(C)cc2)n1. The minimum atomic E-state index is -0.572. The van der Waals surface area contributed by atoms with Gasteiger partial charge < -0.3 is 16.0 Å². The quantitative estimate of drug-likeness (QED) is 0.622. The van der Waals surface area contributed by atoms with Crippen LogP contribution in [0, 0.1) is 17.0 Å². The van der Waals surface area contributed by atoms with Gasteiger partial charge in [-0.3, -0.25) is 10.1 Å². The second-order valence-electron chi connectivity index (χ2n) is 5.03. The molecule has 23 heavy (non-hydrogen) atoms. The van der Waals surface area contributed by atoms with Crippen molar-refractivity contribution in [3.63, 3.8) is 0 Å². The summed E-state index contributed by atoms with van der Waals surface area (Å²) in [5, 5.41) is 14.3. The molecule has 1 aromatic heterocycles. The monoisotopic (exact) mass is 316 g/mol. The lowest BCUT2D eigenvalue weighted by atomic mass is 10.2. The summed E-state index contributed by atoms with van der Waals surface area (Å²) in [6.45, 7) is 7.23. The standard InChI is InChI=1S/C15H20N6O2/c1-4-20(5-2)15-18-13(16)12(21(22)23)14(19-15)17-11-8-6-10(3)7-9-11/h6-9H,4-5H2,1-3H3,(H3,16,17,18,19). The van der Waals surface area contributed by atoms with E-state index in [1.54, 1.807) is 0 Å². The summed E-state index contributed by atoms with van der Waals surface area (Å²) in [7, 11) is 0. The third kappa shape index (κ3) is 3.65. The molecule has 0 saturated carbocycles. The summed E-state index contributed by atoms with van der Waals surface area (Å²) in [5.41, 5.74) is 7.26. The normalized spacial score (nSPS) is 10.4. The first-order valence-corrected chi connectivity index (χ1v) is 7.36. The van der Waals surface area contributed by atoms with Crippen LogP contribution in [0.15, 0.2) is 24.3 Å². The Morgan fingerprint density at radius 2 is 1.83 bits per heavy atom. The molecule has 2 rings (SSSR count). The Kier molecular flexibility index (Phi) is 4.95. The van der Waals surface area contributed by atoms with E-state index in [4.69, 9.17) is 5.73 Å². The van der Waals surface area contributed by atoms with E-state index in [0.29, 0.717) is 24.7 Å². The Morgan fingerprint density at radius 3 is 2.35 bits per heavy atom. The highest BCUT2D eigenvalue weighted by Gasteiger charge is 2.24. The minimum absolute atomic E-state index is 0.0910. The number of nitrogens with zero attached hydrogens (tertiary/aromatic N) is 4. The average Bonchev–Trinajstić information content (AvgIpc) is 2.50. The fraction of sp³-hybridized carbons (Fsp3) is 0.333. The second kappa shape index (κ2) is 6.91. The van der Waals surface area contributed by atoms with E-state index < -0.39 is 4.92 Å². The van der Waals surface area contributed by atoms with Crippen LogP contribution in [-0.4, -0.2) is 28.0 Å². The summed E-state index contributed by atoms with van der Waals surface area (Å²) in [5.74, 6) is 0.308. The van der Waals surface area contributed by atoms with Crippen molar-refractivity contribution in [1.82, 2.24) is 9.97 Å². The number of hydrogen-bond donors (Lipinski definition) is 2. The zero-order valence-electron chi connectivity index (χ0n) is 13.4. The lowest BCUT2D eigenvalue weighted by Gasteiger charge is -2.19. The van der Waals surface area contributed by atoms with E-state index in [9.17, 15) is 10.1 Å². The van der Waals surface area contributed by atoms with Crippen LogP contribution < -0.4 is 16.0 Å². The first-order chi connectivity index (χ1) is 11.0. The van der Waals surface area contributed by atoms with Gasteiger partial charge in [-0.15, -0.1) is 0 Å². The first-order valence-electron chi connectivity index (χ1n) is 7.36. The summed E-state index contributed by atoms with van der Waals surface area (Å²) in [4.78, 5) is 21.0. The predicted octanol–water partition coefficient (Wildman–Crippen LogP) is 2.87. The number of aryl methyl sites for hydroxylation is 1. The molecule has 0 bridgehead atoms. The maximum absolute atomic E-state index is 11.3. The van der Waals surface area contributed by atoms with Crippen LogP contribution >= 0.6 is 0 Å². The number of rotatable bonds is 6. The Balaban J connectivity index is 2.49. The molecule has 1 aromatic carbocycles. The Hall–Kier alpha value is -2.90. The third-order valence-corrected chi connectivity index (χ3v) is 3.44. The van der Waals surface area contributed by atoms with Crippen molar-refractivity contribution in [2.45, 2.75) is 20.8 Å². The molecule has 0 saturated heterocycles. The van der Waals surface area contributed by atoms with Crippen LogP contribution in [0.4, 0.5) is 29.0 Å². The molecule has 0 aliphatic heterocycles. The molecule has 1 heterocycles. The highest BCUT2D eigenvalue weighted by Crippen LogP contribution is 2.32. The Bertz CT molecular complexity index is 698. The fourth-order valence-electron chi connectivity index (χ4n) is 2.15. The average molecular weight is 316 g/mol. The molecule has 8 nitrogen and oxygen atoms in total. The molecular weight excluding hydrogens is 296 g/mol. The van der Waals surface area contributed by atoms with E-state index in [1.165, 1.54) is 0 Å². The maximum atomic E-state index is 11.3. The van der Waals surface area contributed by atoms with Gasteiger partial charge >= 0.3 is 5.69 Å². The van der Waals surface area contributed by atoms with Crippen LogP contribution in [0.25, 0.3) is 0 Å². The highest BCUT2D eigenvalue weighted by atomic mass is 16.6. The number of nitrogens with one attached hydrogen (secondary N) is 1. The molecule has 122 valence electrons. The van der Waals surface area contributed by atoms with Crippen molar-refractivity contribution < 1.29 is 4.92 Å². The Labute approximate surface area is 134 Å². The topological polar surface area (TPSA) is 110 Å². The van der Waals surface area contributed by atoms with E-state index in [0.717, 1.165) is 5.56 Å². The zero-order valence-corrected chi connectivity index (χ0v) is 13.4. The molecular formula is C15H20N6O2. The molecule has 0 atom stereocenters. The molecule has 8 heteroatoms. The summed E-state index contributed by atoms with van der Waals surface area (Å²) >= 11 is 0. The second-order valence-corrected chi connectivity index (χ2v) is 5.03. The molecule has 2 aromatic rings. The van der Waals surface area contributed by atoms with Gasteiger partial charge in [0, 0.05) is 18.8 Å². The van der Waals surface area contributed by atoms with Crippen molar-refractivity contribution in [3.8, 4) is 0 Å². The minimum Gasteiger partial charge on any atom is -0.378 e. The van der Waals surface area contributed by atoms with E-state index in [1.807, 2.05) is 49.9 Å². The number of nitrogen functional groups attached to an aromatic ring is 1. The van der Waals surface area contributed by atoms with Crippen molar-refractivity contribution >= 4 is 29.0 Å². The van der Waals surface area contributed by atoms with E-state index >= 15 is 0 Å². The Morgan fingerprint density at radius 1 is 1.22 bits per heavy atom. The molecule has 3 N–H and O–H groups in total. The van der Waals surface area contributed by atoms with Crippen LogP contribution in [0.3, 0.4) is 0 Å². The molecule has 0 fully saturated rings. The fourth-order valence-corrected chi connectivity index (χ4v) is 2.15. The van der Waals surface area contributed by atoms with Crippen molar-refractivity contribution in [1.29, 1.82) is 0 Å². The van der Waals surface area contributed by atoms with Gasteiger partial charge in [-0.25, -0.2) is 0 Å². The molecule has 0 aliphatic rings.